The number of aliphatic hydroxyl groups excluding tert-OH is 1. The quantitative estimate of drug-likeness (QED) is 0.600. The summed E-state index contributed by atoms with van der Waals surface area (Å²) >= 11 is 1.10. The lowest BCUT2D eigenvalue weighted by molar-refractivity contribution is -0.156. The van der Waals surface area contributed by atoms with Crippen LogP contribution in [-0.4, -0.2) is 50.9 Å². The van der Waals surface area contributed by atoms with E-state index in [1.807, 2.05) is 6.92 Å². The van der Waals surface area contributed by atoms with Gasteiger partial charge in [0, 0.05) is 12.1 Å². The maximum atomic E-state index is 12.2. The molecule has 0 unspecified atom stereocenters. The van der Waals surface area contributed by atoms with Crippen molar-refractivity contribution in [2.45, 2.75) is 31.7 Å². The first-order valence-electron chi connectivity index (χ1n) is 8.56. The molecule has 1 saturated heterocycles. The third-order valence-electron chi connectivity index (χ3n) is 4.33. The molecule has 0 radical (unpaired) electrons. The molecule has 2 heterocycles. The van der Waals surface area contributed by atoms with E-state index in [0.29, 0.717) is 17.9 Å². The van der Waals surface area contributed by atoms with Crippen LogP contribution in [0.4, 0.5) is 0 Å². The van der Waals surface area contributed by atoms with Gasteiger partial charge in [-0.3, -0.25) is 14.5 Å². The van der Waals surface area contributed by atoms with Crippen LogP contribution in [-0.2, 0) is 9.59 Å². The van der Waals surface area contributed by atoms with E-state index < -0.39 is 29.3 Å². The van der Waals surface area contributed by atoms with Gasteiger partial charge in [0.2, 0.25) is 5.91 Å². The van der Waals surface area contributed by atoms with Crippen LogP contribution in [0.2, 0.25) is 0 Å². The highest BCUT2D eigenvalue weighted by Gasteiger charge is 2.58. The number of hydrogen-bond donors (Lipinski definition) is 3. The number of carboxylic acid groups (broad SMARTS) is 1. The Morgan fingerprint density at radius 1 is 1.33 bits per heavy atom. The standard InChI is InChI=1S/C18H20N2O6S/c1-3-8-19-14(22)10-4-6-11(7-5-10)26-18-13(17(24)25)20-15(23)12(9(2)21)16(20)27-18/h4-7,9,12,16,21H,3,8H2,1-2H3,(H,19,22)(H,24,25)/t9-,12+,16-/m1/s1. The fourth-order valence-electron chi connectivity index (χ4n) is 2.94. The summed E-state index contributed by atoms with van der Waals surface area (Å²) in [6, 6.07) is 6.30. The summed E-state index contributed by atoms with van der Waals surface area (Å²) in [7, 11) is 0. The van der Waals surface area contributed by atoms with Crippen molar-refractivity contribution in [1.29, 1.82) is 0 Å². The molecule has 144 valence electrons. The van der Waals surface area contributed by atoms with Crippen molar-refractivity contribution in [3.63, 3.8) is 0 Å². The number of amides is 2. The van der Waals surface area contributed by atoms with Crippen LogP contribution in [0.3, 0.4) is 0 Å². The number of fused-ring (bicyclic) bond motifs is 1. The van der Waals surface area contributed by atoms with E-state index in [1.165, 1.54) is 6.92 Å². The predicted molar refractivity (Wildman–Crippen MR) is 97.8 cm³/mol. The van der Waals surface area contributed by atoms with E-state index in [2.05, 4.69) is 5.32 Å². The van der Waals surface area contributed by atoms with Gasteiger partial charge in [0.25, 0.3) is 5.91 Å². The van der Waals surface area contributed by atoms with Crippen molar-refractivity contribution >= 4 is 29.5 Å². The Morgan fingerprint density at radius 2 is 2.00 bits per heavy atom. The number of benzene rings is 1. The first-order chi connectivity index (χ1) is 12.8. The number of hydrogen-bond acceptors (Lipinski definition) is 6. The number of ether oxygens (including phenoxy) is 1. The molecule has 3 atom stereocenters. The fraction of sp³-hybridized carbons (Fsp3) is 0.389. The molecule has 2 aliphatic heterocycles. The number of nitrogens with one attached hydrogen (secondary N) is 1. The van der Waals surface area contributed by atoms with E-state index in [0.717, 1.165) is 23.1 Å². The minimum Gasteiger partial charge on any atom is -0.476 e. The third kappa shape index (κ3) is 3.52. The smallest absolute Gasteiger partial charge is 0.357 e. The monoisotopic (exact) mass is 392 g/mol. The Morgan fingerprint density at radius 3 is 2.56 bits per heavy atom. The zero-order valence-electron chi connectivity index (χ0n) is 14.8. The second-order valence-corrected chi connectivity index (χ2v) is 7.40. The van der Waals surface area contributed by atoms with Gasteiger partial charge in [-0.25, -0.2) is 4.79 Å². The number of carbonyl (C=O) groups is 3. The van der Waals surface area contributed by atoms with Crippen LogP contribution in [0.25, 0.3) is 0 Å². The lowest BCUT2D eigenvalue weighted by Gasteiger charge is -2.43. The Bertz CT molecular complexity index is 805. The van der Waals surface area contributed by atoms with E-state index in [9.17, 15) is 24.6 Å². The summed E-state index contributed by atoms with van der Waals surface area (Å²) in [5, 5.41) is 21.6. The van der Waals surface area contributed by atoms with Crippen LogP contribution in [0.5, 0.6) is 5.75 Å². The molecule has 0 aromatic heterocycles. The van der Waals surface area contributed by atoms with Gasteiger partial charge in [0.05, 0.1) is 12.0 Å². The SMILES string of the molecule is CCCNC(=O)c1ccc(OC2=C(C(=O)O)N3C(=O)[C@H]([C@@H](C)O)[C@H]3S2)cc1. The van der Waals surface area contributed by atoms with E-state index in [1.54, 1.807) is 24.3 Å². The highest BCUT2D eigenvalue weighted by atomic mass is 32.2. The highest BCUT2D eigenvalue weighted by Crippen LogP contribution is 2.50. The van der Waals surface area contributed by atoms with E-state index in [-0.39, 0.29) is 16.7 Å². The minimum atomic E-state index is -1.27. The molecule has 0 aliphatic carbocycles. The lowest BCUT2D eigenvalue weighted by Crippen LogP contribution is -2.60. The van der Waals surface area contributed by atoms with Crippen molar-refractivity contribution in [1.82, 2.24) is 10.2 Å². The zero-order chi connectivity index (χ0) is 19.7. The number of nitrogens with zero attached hydrogens (tertiary/aromatic N) is 1. The highest BCUT2D eigenvalue weighted by molar-refractivity contribution is 8.03. The Kier molecular flexibility index (Phi) is 5.43. The molecule has 1 fully saturated rings. The van der Waals surface area contributed by atoms with Crippen molar-refractivity contribution < 1.29 is 29.3 Å². The number of aliphatic hydroxyl groups is 1. The second kappa shape index (κ2) is 7.61. The number of carbonyl (C=O) groups excluding carboxylic acids is 2. The minimum absolute atomic E-state index is 0.0900. The zero-order valence-corrected chi connectivity index (χ0v) is 15.7. The number of rotatable bonds is 7. The molecule has 2 amide bonds. The van der Waals surface area contributed by atoms with Gasteiger partial charge in [0.1, 0.15) is 11.1 Å². The first-order valence-corrected chi connectivity index (χ1v) is 9.44. The van der Waals surface area contributed by atoms with Crippen LogP contribution in [0, 0.1) is 5.92 Å². The lowest BCUT2D eigenvalue weighted by atomic mass is 9.92. The normalized spacial score (nSPS) is 22.2. The van der Waals surface area contributed by atoms with Gasteiger partial charge in [-0.05, 0) is 37.6 Å². The van der Waals surface area contributed by atoms with Crippen molar-refractivity contribution in [3.05, 3.63) is 40.6 Å². The molecule has 0 saturated carbocycles. The molecule has 3 rings (SSSR count). The van der Waals surface area contributed by atoms with Crippen LogP contribution in [0.1, 0.15) is 30.6 Å². The summed E-state index contributed by atoms with van der Waals surface area (Å²) in [4.78, 5) is 36.8. The molecular weight excluding hydrogens is 372 g/mol. The summed E-state index contributed by atoms with van der Waals surface area (Å²) in [5.41, 5.74) is 0.243. The molecular formula is C18H20N2O6S. The van der Waals surface area contributed by atoms with Crippen LogP contribution >= 0.6 is 11.8 Å². The molecule has 0 bridgehead atoms. The number of carboxylic acids is 1. The Labute approximate surface area is 160 Å². The average Bonchev–Trinajstić information content (AvgIpc) is 2.94. The van der Waals surface area contributed by atoms with E-state index in [4.69, 9.17) is 4.74 Å². The molecule has 27 heavy (non-hydrogen) atoms. The Hall–Kier alpha value is -2.52. The van der Waals surface area contributed by atoms with Gasteiger partial charge in [-0.15, -0.1) is 0 Å². The number of β-lactam (4-membered cyclic amide) rings is 1. The van der Waals surface area contributed by atoms with E-state index >= 15 is 0 Å². The number of aliphatic carboxylic acids is 1. The van der Waals surface area contributed by atoms with Crippen molar-refractivity contribution in [2.75, 3.05) is 6.54 Å². The van der Waals surface area contributed by atoms with Crippen LogP contribution in [0.15, 0.2) is 35.1 Å². The summed E-state index contributed by atoms with van der Waals surface area (Å²) in [6.07, 6.45) is -0.0401. The molecule has 1 aromatic carbocycles. The average molecular weight is 392 g/mol. The fourth-order valence-corrected chi connectivity index (χ4v) is 4.41. The van der Waals surface area contributed by atoms with Gasteiger partial charge >= 0.3 is 5.97 Å². The summed E-state index contributed by atoms with van der Waals surface area (Å²) in [5.74, 6) is -2.20. The number of thioether (sulfide) groups is 1. The molecule has 3 N–H and O–H groups in total. The van der Waals surface area contributed by atoms with Crippen LogP contribution < -0.4 is 10.1 Å². The van der Waals surface area contributed by atoms with Gasteiger partial charge in [0.15, 0.2) is 10.8 Å². The maximum absolute atomic E-state index is 12.2. The van der Waals surface area contributed by atoms with Gasteiger partial charge in [-0.1, -0.05) is 18.7 Å². The maximum Gasteiger partial charge on any atom is 0.357 e. The first kappa shape index (κ1) is 19.2. The van der Waals surface area contributed by atoms with Gasteiger partial charge in [-0.2, -0.15) is 0 Å². The largest absolute Gasteiger partial charge is 0.476 e. The molecule has 0 spiro atoms. The predicted octanol–water partition coefficient (Wildman–Crippen LogP) is 1.37. The topological polar surface area (TPSA) is 116 Å². The van der Waals surface area contributed by atoms with Crippen molar-refractivity contribution in [3.8, 4) is 5.75 Å². The summed E-state index contributed by atoms with van der Waals surface area (Å²) in [6.45, 7) is 4.04. The second-order valence-electron chi connectivity index (χ2n) is 6.31. The summed E-state index contributed by atoms with van der Waals surface area (Å²) < 4.78 is 5.68. The van der Waals surface area contributed by atoms with Crippen molar-refractivity contribution in [2.24, 2.45) is 5.92 Å². The molecule has 1 aromatic rings. The van der Waals surface area contributed by atoms with Gasteiger partial charge < -0.3 is 20.3 Å². The molecule has 9 heteroatoms. The Balaban J connectivity index is 1.76. The molecule has 2 aliphatic rings. The molecule has 8 nitrogen and oxygen atoms in total. The third-order valence-corrected chi connectivity index (χ3v) is 5.57.